The van der Waals surface area contributed by atoms with Crippen LogP contribution in [0.2, 0.25) is 5.02 Å². The molecule has 3 aromatic carbocycles. The number of rotatable bonds is 8. The van der Waals surface area contributed by atoms with Crippen molar-refractivity contribution in [1.29, 1.82) is 0 Å². The van der Waals surface area contributed by atoms with E-state index < -0.39 is 11.8 Å². The van der Waals surface area contributed by atoms with E-state index in [1.54, 1.807) is 36.4 Å². The van der Waals surface area contributed by atoms with Gasteiger partial charge in [-0.25, -0.2) is 5.43 Å². The lowest BCUT2D eigenvalue weighted by atomic mass is 10.2. The van der Waals surface area contributed by atoms with Gasteiger partial charge in [-0.05, 0) is 89.2 Å². The Morgan fingerprint density at radius 3 is 2.51 bits per heavy atom. The number of hydrogen-bond acceptors (Lipinski definition) is 6. The molecular weight excluding hydrogens is 679 g/mol. The Kier molecular flexibility index (Phi) is 10.3. The molecule has 0 aliphatic rings. The molecule has 12 heteroatoms. The molecule has 0 saturated heterocycles. The molecule has 0 heterocycles. The summed E-state index contributed by atoms with van der Waals surface area (Å²) >= 11 is 11.3. The third kappa shape index (κ3) is 8.44. The molecule has 0 fully saturated rings. The summed E-state index contributed by atoms with van der Waals surface area (Å²) in [4.78, 5) is 36.4. The van der Waals surface area contributed by atoms with Crippen LogP contribution in [0.1, 0.15) is 11.1 Å². The highest BCUT2D eigenvalue weighted by molar-refractivity contribution is 14.1. The fraction of sp³-hybridized carbons (Fsp3) is 0.120. The minimum atomic E-state index is -0.954. The van der Waals surface area contributed by atoms with Gasteiger partial charge in [0.15, 0.2) is 18.1 Å². The number of amides is 3. The quantitative estimate of drug-likeness (QED) is 0.131. The topological polar surface area (TPSA) is 118 Å². The van der Waals surface area contributed by atoms with Gasteiger partial charge in [-0.1, -0.05) is 33.6 Å². The summed E-state index contributed by atoms with van der Waals surface area (Å²) in [5.41, 5.74) is 4.76. The first-order valence-corrected chi connectivity index (χ1v) is 12.9. The minimum Gasteiger partial charge on any atom is -0.493 e. The molecule has 0 radical (unpaired) electrons. The zero-order chi connectivity index (χ0) is 26.9. The van der Waals surface area contributed by atoms with Crippen LogP contribution in [0.25, 0.3) is 0 Å². The van der Waals surface area contributed by atoms with Crippen molar-refractivity contribution in [1.82, 2.24) is 5.43 Å². The van der Waals surface area contributed by atoms with Crippen LogP contribution in [0, 0.1) is 10.5 Å². The lowest BCUT2D eigenvalue weighted by molar-refractivity contribution is -0.136. The molecule has 3 aromatic rings. The van der Waals surface area contributed by atoms with E-state index in [0.717, 1.165) is 10.0 Å². The van der Waals surface area contributed by atoms with E-state index in [1.165, 1.54) is 19.4 Å². The molecule has 3 N–H and O–H groups in total. The summed E-state index contributed by atoms with van der Waals surface area (Å²) in [6.07, 6.45) is 1.35. The predicted octanol–water partition coefficient (Wildman–Crippen LogP) is 5.13. The standard InChI is InChI=1S/C25H21BrClIN4O5/c1-14-8-18(6-7-19(14)26)30-22(33)13-37-23-20(28)9-15(10-21(23)36-2)12-29-32-25(35)24(34)31-17-5-3-4-16(27)11-17/h3-12H,13H2,1-2H3,(H,30,33)(H,31,34)(H,32,35)/b29-12-. The minimum absolute atomic E-state index is 0.229. The van der Waals surface area contributed by atoms with E-state index in [1.807, 2.05) is 41.6 Å². The number of carbonyl (C=O) groups is 3. The van der Waals surface area contributed by atoms with Crippen molar-refractivity contribution in [3.8, 4) is 11.5 Å². The van der Waals surface area contributed by atoms with Crippen molar-refractivity contribution in [2.24, 2.45) is 5.10 Å². The fourth-order valence-electron chi connectivity index (χ4n) is 2.98. The Bertz CT molecular complexity index is 1370. The predicted molar refractivity (Wildman–Crippen MR) is 155 cm³/mol. The first-order valence-electron chi connectivity index (χ1n) is 10.6. The first-order chi connectivity index (χ1) is 17.7. The SMILES string of the molecule is COc1cc(/C=N\NC(=O)C(=O)Nc2cccc(Cl)c2)cc(I)c1OCC(=O)Nc1ccc(Br)c(C)c1. The highest BCUT2D eigenvalue weighted by Gasteiger charge is 2.15. The number of carbonyl (C=O) groups excluding carboxylic acids is 3. The molecule has 0 spiro atoms. The number of aryl methyl sites for hydroxylation is 1. The van der Waals surface area contributed by atoms with Gasteiger partial charge in [-0.15, -0.1) is 0 Å². The number of methoxy groups -OCH3 is 1. The molecule has 9 nitrogen and oxygen atoms in total. The number of anilines is 2. The maximum atomic E-state index is 12.4. The number of ether oxygens (including phenoxy) is 2. The van der Waals surface area contributed by atoms with E-state index in [-0.39, 0.29) is 12.5 Å². The zero-order valence-corrected chi connectivity index (χ0v) is 24.1. The van der Waals surface area contributed by atoms with E-state index in [4.69, 9.17) is 21.1 Å². The number of nitrogens with one attached hydrogen (secondary N) is 3. The first kappa shape index (κ1) is 28.4. The maximum Gasteiger partial charge on any atom is 0.329 e. The Labute approximate surface area is 240 Å². The van der Waals surface area contributed by atoms with E-state index in [0.29, 0.717) is 37.0 Å². The second-order valence-corrected chi connectivity index (χ2v) is 9.95. The van der Waals surface area contributed by atoms with Crippen molar-refractivity contribution in [3.63, 3.8) is 0 Å². The summed E-state index contributed by atoms with van der Waals surface area (Å²) in [6, 6.07) is 15.2. The third-order valence-electron chi connectivity index (χ3n) is 4.71. The van der Waals surface area contributed by atoms with Gasteiger partial charge in [0.2, 0.25) is 0 Å². The normalized spacial score (nSPS) is 10.6. The van der Waals surface area contributed by atoms with Gasteiger partial charge < -0.3 is 20.1 Å². The average molecular weight is 700 g/mol. The fourth-order valence-corrected chi connectivity index (χ4v) is 4.20. The Morgan fingerprint density at radius 2 is 1.81 bits per heavy atom. The van der Waals surface area contributed by atoms with Crippen molar-refractivity contribution >= 4 is 85.4 Å². The molecule has 0 aliphatic carbocycles. The van der Waals surface area contributed by atoms with E-state index in [2.05, 4.69) is 37.1 Å². The molecule has 0 unspecified atom stereocenters. The summed E-state index contributed by atoms with van der Waals surface area (Å²) in [5, 5.41) is 9.46. The summed E-state index contributed by atoms with van der Waals surface area (Å²) in [7, 11) is 1.46. The molecule has 0 saturated carbocycles. The van der Waals surface area contributed by atoms with E-state index >= 15 is 0 Å². The van der Waals surface area contributed by atoms with Crippen molar-refractivity contribution in [3.05, 3.63) is 78.8 Å². The second kappa shape index (κ2) is 13.4. The smallest absolute Gasteiger partial charge is 0.329 e. The van der Waals surface area contributed by atoms with Crippen molar-refractivity contribution in [2.75, 3.05) is 24.4 Å². The van der Waals surface area contributed by atoms with Crippen LogP contribution in [-0.2, 0) is 14.4 Å². The highest BCUT2D eigenvalue weighted by Crippen LogP contribution is 2.33. The van der Waals surface area contributed by atoms with Gasteiger partial charge in [0, 0.05) is 20.9 Å². The van der Waals surface area contributed by atoms with Crippen LogP contribution in [0.4, 0.5) is 11.4 Å². The van der Waals surface area contributed by atoms with Gasteiger partial charge in [-0.2, -0.15) is 5.10 Å². The third-order valence-corrected chi connectivity index (χ3v) is 6.64. The molecule has 0 bridgehead atoms. The van der Waals surface area contributed by atoms with Gasteiger partial charge in [0.05, 0.1) is 16.9 Å². The monoisotopic (exact) mass is 698 g/mol. The summed E-state index contributed by atoms with van der Waals surface area (Å²) < 4.78 is 12.7. The van der Waals surface area contributed by atoms with Crippen LogP contribution < -0.4 is 25.5 Å². The molecule has 3 rings (SSSR count). The van der Waals surface area contributed by atoms with Gasteiger partial charge in [-0.3, -0.25) is 14.4 Å². The molecular formula is C25H21BrClIN4O5. The van der Waals surface area contributed by atoms with Gasteiger partial charge in [0.1, 0.15) is 0 Å². The van der Waals surface area contributed by atoms with Gasteiger partial charge >= 0.3 is 11.8 Å². The van der Waals surface area contributed by atoms with Crippen molar-refractivity contribution in [2.45, 2.75) is 6.92 Å². The Morgan fingerprint density at radius 1 is 1.05 bits per heavy atom. The number of nitrogens with zero attached hydrogens (tertiary/aromatic N) is 1. The lowest BCUT2D eigenvalue weighted by Gasteiger charge is -2.14. The van der Waals surface area contributed by atoms with Crippen LogP contribution in [0.5, 0.6) is 11.5 Å². The molecule has 37 heavy (non-hydrogen) atoms. The van der Waals surface area contributed by atoms with Crippen molar-refractivity contribution < 1.29 is 23.9 Å². The van der Waals surface area contributed by atoms with Crippen LogP contribution in [0.15, 0.2) is 64.2 Å². The zero-order valence-electron chi connectivity index (χ0n) is 19.6. The largest absolute Gasteiger partial charge is 0.493 e. The number of benzene rings is 3. The van der Waals surface area contributed by atoms with Gasteiger partial charge in [0.25, 0.3) is 5.91 Å². The summed E-state index contributed by atoms with van der Waals surface area (Å²) in [6.45, 7) is 1.70. The Balaban J connectivity index is 1.58. The lowest BCUT2D eigenvalue weighted by Crippen LogP contribution is -2.32. The molecule has 3 amide bonds. The molecule has 0 aromatic heterocycles. The van der Waals surface area contributed by atoms with E-state index in [9.17, 15) is 14.4 Å². The molecule has 192 valence electrons. The number of halogens is 3. The Hall–Kier alpha value is -3.16. The second-order valence-electron chi connectivity index (χ2n) is 7.50. The van der Waals surface area contributed by atoms with Crippen LogP contribution in [-0.4, -0.2) is 37.7 Å². The highest BCUT2D eigenvalue weighted by atomic mass is 127. The number of hydrazone groups is 1. The number of hydrogen-bond donors (Lipinski definition) is 3. The summed E-state index contributed by atoms with van der Waals surface area (Å²) in [5.74, 6) is -1.43. The van der Waals surface area contributed by atoms with Crippen LogP contribution >= 0.6 is 50.1 Å². The maximum absolute atomic E-state index is 12.4. The molecule has 0 atom stereocenters. The van der Waals surface area contributed by atoms with Crippen LogP contribution in [0.3, 0.4) is 0 Å². The average Bonchev–Trinajstić information content (AvgIpc) is 2.85. The molecule has 0 aliphatic heterocycles.